The fourth-order valence-electron chi connectivity index (χ4n) is 3.71. The number of hydrogen-bond acceptors (Lipinski definition) is 2. The van der Waals surface area contributed by atoms with Gasteiger partial charge in [0.15, 0.2) is 0 Å². The zero-order chi connectivity index (χ0) is 15.6. The number of aromatic nitrogens is 1. The van der Waals surface area contributed by atoms with Crippen LogP contribution in [0.5, 0.6) is 0 Å². The van der Waals surface area contributed by atoms with E-state index in [4.69, 9.17) is 0 Å². The topological polar surface area (TPSA) is 33.2 Å². The predicted octanol–water partition coefficient (Wildman–Crippen LogP) is 3.74. The quantitative estimate of drug-likeness (QED) is 0.805. The summed E-state index contributed by atoms with van der Waals surface area (Å²) in [7, 11) is 0. The molecule has 0 saturated heterocycles. The van der Waals surface area contributed by atoms with Crippen LogP contribution in [0.2, 0.25) is 0 Å². The molecule has 2 heterocycles. The van der Waals surface area contributed by atoms with E-state index in [1.807, 2.05) is 29.2 Å². The molecule has 0 aliphatic carbocycles. The number of hydrogen-bond donors (Lipinski definition) is 0. The fourth-order valence-corrected chi connectivity index (χ4v) is 3.71. The number of carbonyl (C=O) groups is 1. The van der Waals surface area contributed by atoms with Gasteiger partial charge in [0.25, 0.3) is 0 Å². The van der Waals surface area contributed by atoms with Crippen molar-refractivity contribution in [1.82, 2.24) is 9.88 Å². The predicted molar refractivity (Wildman–Crippen MR) is 87.4 cm³/mol. The van der Waals surface area contributed by atoms with E-state index < -0.39 is 0 Å². The Bertz CT molecular complexity index is 649. The van der Waals surface area contributed by atoms with Crippen molar-refractivity contribution in [2.45, 2.75) is 44.7 Å². The number of pyridine rings is 1. The highest BCUT2D eigenvalue weighted by Gasteiger charge is 2.43. The molecule has 0 fully saturated rings. The molecular formula is C19H22N2O. The minimum atomic E-state index is -0.127. The third-order valence-corrected chi connectivity index (χ3v) is 5.09. The molecule has 1 amide bonds. The molecule has 0 saturated carbocycles. The lowest BCUT2D eigenvalue weighted by atomic mass is 9.75. The molecule has 114 valence electrons. The Morgan fingerprint density at radius 2 is 1.91 bits per heavy atom. The SMILES string of the molecule is CCC1(CC)Cc2ccccc2C(c2ccccn2)N1C=O. The molecule has 2 aromatic rings. The molecule has 0 spiro atoms. The van der Waals surface area contributed by atoms with Gasteiger partial charge in [-0.05, 0) is 42.5 Å². The normalized spacial score (nSPS) is 19.5. The van der Waals surface area contributed by atoms with Crippen molar-refractivity contribution in [2.75, 3.05) is 0 Å². The van der Waals surface area contributed by atoms with E-state index in [1.165, 1.54) is 11.1 Å². The monoisotopic (exact) mass is 294 g/mol. The number of amides is 1. The summed E-state index contributed by atoms with van der Waals surface area (Å²) in [6.45, 7) is 4.34. The Morgan fingerprint density at radius 1 is 1.18 bits per heavy atom. The third-order valence-electron chi connectivity index (χ3n) is 5.09. The number of carbonyl (C=O) groups excluding carboxylic acids is 1. The molecule has 1 aliphatic heterocycles. The summed E-state index contributed by atoms with van der Waals surface area (Å²) in [5, 5.41) is 0. The first-order valence-corrected chi connectivity index (χ1v) is 7.98. The van der Waals surface area contributed by atoms with Crippen LogP contribution in [0.4, 0.5) is 0 Å². The lowest BCUT2D eigenvalue weighted by molar-refractivity contribution is -0.128. The van der Waals surface area contributed by atoms with Crippen LogP contribution in [-0.2, 0) is 11.2 Å². The molecule has 0 radical (unpaired) electrons. The summed E-state index contributed by atoms with van der Waals surface area (Å²) >= 11 is 0. The average Bonchev–Trinajstić information content (AvgIpc) is 2.60. The molecule has 3 rings (SSSR count). The van der Waals surface area contributed by atoms with E-state index >= 15 is 0 Å². The molecule has 3 heteroatoms. The Balaban J connectivity index is 2.21. The van der Waals surface area contributed by atoms with Gasteiger partial charge in [-0.1, -0.05) is 44.2 Å². The van der Waals surface area contributed by atoms with Gasteiger partial charge in [0.2, 0.25) is 6.41 Å². The minimum absolute atomic E-state index is 0.0939. The lowest BCUT2D eigenvalue weighted by Gasteiger charge is -2.49. The molecular weight excluding hydrogens is 272 g/mol. The van der Waals surface area contributed by atoms with Crippen molar-refractivity contribution in [2.24, 2.45) is 0 Å². The first-order valence-electron chi connectivity index (χ1n) is 7.98. The van der Waals surface area contributed by atoms with E-state index in [1.54, 1.807) is 6.20 Å². The van der Waals surface area contributed by atoms with Crippen molar-refractivity contribution in [1.29, 1.82) is 0 Å². The molecule has 3 nitrogen and oxygen atoms in total. The molecule has 0 bridgehead atoms. The van der Waals surface area contributed by atoms with Gasteiger partial charge in [0, 0.05) is 11.7 Å². The Morgan fingerprint density at radius 3 is 2.55 bits per heavy atom. The highest BCUT2D eigenvalue weighted by molar-refractivity contribution is 5.56. The largest absolute Gasteiger partial charge is 0.327 e. The van der Waals surface area contributed by atoms with Crippen molar-refractivity contribution in [3.8, 4) is 0 Å². The van der Waals surface area contributed by atoms with Gasteiger partial charge in [-0.2, -0.15) is 0 Å². The van der Waals surface area contributed by atoms with Crippen LogP contribution in [0.1, 0.15) is 49.6 Å². The second-order valence-corrected chi connectivity index (χ2v) is 5.98. The molecule has 1 aromatic heterocycles. The maximum atomic E-state index is 12.0. The Labute approximate surface area is 132 Å². The summed E-state index contributed by atoms with van der Waals surface area (Å²) in [5.74, 6) is 0. The standard InChI is InChI=1S/C19H22N2O/c1-3-19(4-2)13-15-9-5-6-10-16(15)18(21(19)14-22)17-11-7-8-12-20-17/h5-12,14,18H,3-4,13H2,1-2H3. The number of benzene rings is 1. The average molecular weight is 294 g/mol. The second-order valence-electron chi connectivity index (χ2n) is 5.98. The van der Waals surface area contributed by atoms with Crippen molar-refractivity contribution in [3.05, 3.63) is 65.5 Å². The van der Waals surface area contributed by atoms with E-state index in [2.05, 4.69) is 37.0 Å². The number of fused-ring (bicyclic) bond motifs is 1. The summed E-state index contributed by atoms with van der Waals surface area (Å²) in [6.07, 6.45) is 5.62. The Hall–Kier alpha value is -2.16. The molecule has 1 aromatic carbocycles. The van der Waals surface area contributed by atoms with Crippen LogP contribution in [0.3, 0.4) is 0 Å². The van der Waals surface area contributed by atoms with Crippen LogP contribution in [-0.4, -0.2) is 21.8 Å². The van der Waals surface area contributed by atoms with Crippen molar-refractivity contribution >= 4 is 6.41 Å². The van der Waals surface area contributed by atoms with Gasteiger partial charge < -0.3 is 4.90 Å². The fraction of sp³-hybridized carbons (Fsp3) is 0.368. The number of nitrogens with zero attached hydrogens (tertiary/aromatic N) is 2. The van der Waals surface area contributed by atoms with Crippen molar-refractivity contribution in [3.63, 3.8) is 0 Å². The third kappa shape index (κ3) is 2.21. The maximum absolute atomic E-state index is 12.0. The maximum Gasteiger partial charge on any atom is 0.211 e. The van der Waals surface area contributed by atoms with Gasteiger partial charge >= 0.3 is 0 Å². The lowest BCUT2D eigenvalue weighted by Crippen LogP contribution is -2.54. The van der Waals surface area contributed by atoms with Gasteiger partial charge in [0.1, 0.15) is 0 Å². The van der Waals surface area contributed by atoms with E-state index in [-0.39, 0.29) is 11.6 Å². The molecule has 1 unspecified atom stereocenters. The highest BCUT2D eigenvalue weighted by Crippen LogP contribution is 2.43. The van der Waals surface area contributed by atoms with Gasteiger partial charge in [-0.15, -0.1) is 0 Å². The first kappa shape index (κ1) is 14.8. The van der Waals surface area contributed by atoms with E-state index in [0.29, 0.717) is 0 Å². The number of rotatable bonds is 4. The van der Waals surface area contributed by atoms with Crippen LogP contribution in [0.25, 0.3) is 0 Å². The molecule has 1 atom stereocenters. The van der Waals surface area contributed by atoms with Crippen LogP contribution >= 0.6 is 0 Å². The molecule has 1 aliphatic rings. The second kappa shape index (κ2) is 5.91. The summed E-state index contributed by atoms with van der Waals surface area (Å²) in [4.78, 5) is 18.5. The van der Waals surface area contributed by atoms with E-state index in [0.717, 1.165) is 31.4 Å². The van der Waals surface area contributed by atoms with Gasteiger partial charge in [-0.25, -0.2) is 0 Å². The first-order chi connectivity index (χ1) is 10.8. The van der Waals surface area contributed by atoms with Crippen LogP contribution in [0.15, 0.2) is 48.7 Å². The minimum Gasteiger partial charge on any atom is -0.327 e. The van der Waals surface area contributed by atoms with Crippen molar-refractivity contribution < 1.29 is 4.79 Å². The summed E-state index contributed by atoms with van der Waals surface area (Å²) in [6, 6.07) is 14.3. The van der Waals surface area contributed by atoms with E-state index in [9.17, 15) is 4.79 Å². The molecule has 22 heavy (non-hydrogen) atoms. The van der Waals surface area contributed by atoms with Gasteiger partial charge in [0.05, 0.1) is 11.7 Å². The van der Waals surface area contributed by atoms with Crippen LogP contribution < -0.4 is 0 Å². The summed E-state index contributed by atoms with van der Waals surface area (Å²) in [5.41, 5.74) is 3.34. The van der Waals surface area contributed by atoms with Crippen LogP contribution in [0, 0.1) is 0 Å². The zero-order valence-electron chi connectivity index (χ0n) is 13.2. The van der Waals surface area contributed by atoms with Gasteiger partial charge in [-0.3, -0.25) is 9.78 Å². The smallest absolute Gasteiger partial charge is 0.211 e. The highest BCUT2D eigenvalue weighted by atomic mass is 16.1. The zero-order valence-corrected chi connectivity index (χ0v) is 13.2. The Kier molecular flexibility index (Phi) is 3.97. The molecule has 0 N–H and O–H groups in total. The summed E-state index contributed by atoms with van der Waals surface area (Å²) < 4.78 is 0.